The van der Waals surface area contributed by atoms with E-state index < -0.39 is 0 Å². The zero-order valence-corrected chi connectivity index (χ0v) is 13.4. The molecule has 5 rings (SSSR count). The van der Waals surface area contributed by atoms with Crippen LogP contribution in [0.3, 0.4) is 0 Å². The van der Waals surface area contributed by atoms with Gasteiger partial charge in [0.2, 0.25) is 0 Å². The van der Waals surface area contributed by atoms with Gasteiger partial charge < -0.3 is 9.97 Å². The Morgan fingerprint density at radius 1 is 0.962 bits per heavy atom. The second-order valence-electron chi connectivity index (χ2n) is 5.93. The molecule has 0 unspecified atom stereocenters. The lowest BCUT2D eigenvalue weighted by Crippen LogP contribution is -1.99. The predicted octanol–water partition coefficient (Wildman–Crippen LogP) is 3.40. The van der Waals surface area contributed by atoms with Crippen LogP contribution in [0.2, 0.25) is 0 Å². The van der Waals surface area contributed by atoms with Crippen LogP contribution < -0.4 is 5.69 Å². The topological polar surface area (TPSA) is 79.4 Å². The van der Waals surface area contributed by atoms with Gasteiger partial charge in [0.1, 0.15) is 17.2 Å². The van der Waals surface area contributed by atoms with Gasteiger partial charge in [-0.05, 0) is 54.6 Å². The SMILES string of the molecule is O=c1[nH]c2ccc(-n3c(-c4ccc(F)cc4)nc4cccnc43)cc2[nH]1. The number of hydrogen-bond donors (Lipinski definition) is 2. The van der Waals surface area contributed by atoms with E-state index in [2.05, 4.69) is 19.9 Å². The number of imidazole rings is 2. The summed E-state index contributed by atoms with van der Waals surface area (Å²) in [5.74, 6) is 0.344. The predicted molar refractivity (Wildman–Crippen MR) is 96.7 cm³/mol. The summed E-state index contributed by atoms with van der Waals surface area (Å²) in [5.41, 5.74) is 4.14. The number of nitrogens with zero attached hydrogens (tertiary/aromatic N) is 3. The summed E-state index contributed by atoms with van der Waals surface area (Å²) in [6.45, 7) is 0. The molecule has 3 heterocycles. The van der Waals surface area contributed by atoms with Crippen molar-refractivity contribution in [1.29, 1.82) is 0 Å². The number of H-pyrrole nitrogens is 2. The van der Waals surface area contributed by atoms with Gasteiger partial charge in [0.25, 0.3) is 0 Å². The molecule has 7 heteroatoms. The van der Waals surface area contributed by atoms with Crippen molar-refractivity contribution in [2.45, 2.75) is 0 Å². The van der Waals surface area contributed by atoms with E-state index in [1.165, 1.54) is 12.1 Å². The molecule has 0 aliphatic heterocycles. The van der Waals surface area contributed by atoms with Crippen LogP contribution in [0.15, 0.2) is 65.6 Å². The van der Waals surface area contributed by atoms with E-state index in [0.717, 1.165) is 22.3 Å². The zero-order valence-electron chi connectivity index (χ0n) is 13.4. The second kappa shape index (κ2) is 5.38. The molecule has 0 atom stereocenters. The van der Waals surface area contributed by atoms with Gasteiger partial charge in [-0.2, -0.15) is 0 Å². The largest absolute Gasteiger partial charge is 0.323 e. The standard InChI is InChI=1S/C19H12FN5O/c20-12-5-3-11(4-6-12)17-22-15-2-1-9-21-18(15)25(17)13-7-8-14-16(10-13)24-19(26)23-14/h1-10H,(H2,23,24,26). The first-order valence-corrected chi connectivity index (χ1v) is 8.01. The molecule has 2 aromatic carbocycles. The lowest BCUT2D eigenvalue weighted by atomic mass is 10.2. The number of nitrogens with one attached hydrogen (secondary N) is 2. The number of pyridine rings is 1. The normalized spacial score (nSPS) is 11.4. The molecule has 0 saturated carbocycles. The molecule has 0 fully saturated rings. The van der Waals surface area contributed by atoms with E-state index in [9.17, 15) is 9.18 Å². The molecular weight excluding hydrogens is 333 g/mol. The van der Waals surface area contributed by atoms with Crippen LogP contribution in [-0.2, 0) is 0 Å². The fourth-order valence-corrected chi connectivity index (χ4v) is 3.11. The van der Waals surface area contributed by atoms with E-state index in [0.29, 0.717) is 17.0 Å². The van der Waals surface area contributed by atoms with Gasteiger partial charge >= 0.3 is 5.69 Å². The fraction of sp³-hybridized carbons (Fsp3) is 0. The van der Waals surface area contributed by atoms with E-state index in [1.807, 2.05) is 34.9 Å². The Hall–Kier alpha value is -3.74. The molecule has 0 amide bonds. The van der Waals surface area contributed by atoms with Crippen molar-refractivity contribution >= 4 is 22.2 Å². The smallest absolute Gasteiger partial charge is 0.306 e. The van der Waals surface area contributed by atoms with Crippen LogP contribution in [0.25, 0.3) is 39.3 Å². The fourth-order valence-electron chi connectivity index (χ4n) is 3.11. The lowest BCUT2D eigenvalue weighted by Gasteiger charge is -2.09. The summed E-state index contributed by atoms with van der Waals surface area (Å²) in [7, 11) is 0. The van der Waals surface area contributed by atoms with Gasteiger partial charge in [0.05, 0.1) is 16.7 Å². The summed E-state index contributed by atoms with van der Waals surface area (Å²) in [4.78, 5) is 26.2. The van der Waals surface area contributed by atoms with Crippen molar-refractivity contribution in [2.75, 3.05) is 0 Å². The first-order valence-electron chi connectivity index (χ1n) is 8.01. The third kappa shape index (κ3) is 2.21. The van der Waals surface area contributed by atoms with Crippen molar-refractivity contribution < 1.29 is 4.39 Å². The van der Waals surface area contributed by atoms with Crippen LogP contribution in [0, 0.1) is 5.82 Å². The molecule has 0 spiro atoms. The minimum absolute atomic E-state index is 0.260. The number of benzene rings is 2. The Labute approximate surface area is 146 Å². The molecule has 0 aliphatic carbocycles. The average Bonchev–Trinajstić information content (AvgIpc) is 3.21. The number of hydrogen-bond acceptors (Lipinski definition) is 3. The van der Waals surface area contributed by atoms with Crippen molar-refractivity contribution in [3.8, 4) is 17.1 Å². The van der Waals surface area contributed by atoms with Gasteiger partial charge in [-0.25, -0.2) is 19.2 Å². The molecule has 0 aliphatic rings. The van der Waals surface area contributed by atoms with E-state index in [4.69, 9.17) is 0 Å². The number of aromatic nitrogens is 5. The molecule has 6 nitrogen and oxygen atoms in total. The third-order valence-electron chi connectivity index (χ3n) is 4.28. The van der Waals surface area contributed by atoms with E-state index in [1.54, 1.807) is 18.3 Å². The van der Waals surface area contributed by atoms with Gasteiger partial charge in [0, 0.05) is 11.8 Å². The van der Waals surface area contributed by atoms with Crippen molar-refractivity contribution in [3.63, 3.8) is 0 Å². The number of rotatable bonds is 2. The van der Waals surface area contributed by atoms with E-state index >= 15 is 0 Å². The van der Waals surface area contributed by atoms with E-state index in [-0.39, 0.29) is 11.5 Å². The molecule has 2 N–H and O–H groups in total. The summed E-state index contributed by atoms with van der Waals surface area (Å²) in [6, 6.07) is 15.4. The minimum atomic E-state index is -0.305. The first kappa shape index (κ1) is 14.6. The second-order valence-corrected chi connectivity index (χ2v) is 5.93. The Balaban J connectivity index is 1.83. The monoisotopic (exact) mass is 345 g/mol. The highest BCUT2D eigenvalue weighted by atomic mass is 19.1. The van der Waals surface area contributed by atoms with Crippen molar-refractivity contribution in [1.82, 2.24) is 24.5 Å². The van der Waals surface area contributed by atoms with Crippen LogP contribution in [0.4, 0.5) is 4.39 Å². The summed E-state index contributed by atoms with van der Waals surface area (Å²) in [5, 5.41) is 0. The quantitative estimate of drug-likeness (QED) is 0.515. The van der Waals surface area contributed by atoms with Crippen LogP contribution in [0.1, 0.15) is 0 Å². The summed E-state index contributed by atoms with van der Waals surface area (Å²) < 4.78 is 15.2. The maximum atomic E-state index is 13.3. The Morgan fingerprint density at radius 3 is 2.62 bits per heavy atom. The highest BCUT2D eigenvalue weighted by molar-refractivity contribution is 5.83. The molecule has 0 bridgehead atoms. The molecule has 5 aromatic rings. The molecule has 0 saturated heterocycles. The molecule has 26 heavy (non-hydrogen) atoms. The maximum absolute atomic E-state index is 13.3. The summed E-state index contributed by atoms with van der Waals surface area (Å²) in [6.07, 6.45) is 1.70. The maximum Gasteiger partial charge on any atom is 0.323 e. The number of fused-ring (bicyclic) bond motifs is 2. The highest BCUT2D eigenvalue weighted by Crippen LogP contribution is 2.28. The minimum Gasteiger partial charge on any atom is -0.306 e. The Bertz CT molecular complexity index is 1310. The lowest BCUT2D eigenvalue weighted by molar-refractivity contribution is 0.628. The molecule has 3 aromatic heterocycles. The molecular formula is C19H12FN5O. The highest BCUT2D eigenvalue weighted by Gasteiger charge is 2.16. The third-order valence-corrected chi connectivity index (χ3v) is 4.28. The Morgan fingerprint density at radius 2 is 1.77 bits per heavy atom. The molecule has 0 radical (unpaired) electrons. The zero-order chi connectivity index (χ0) is 17.7. The number of aromatic amines is 2. The van der Waals surface area contributed by atoms with Crippen LogP contribution in [0.5, 0.6) is 0 Å². The summed E-state index contributed by atoms with van der Waals surface area (Å²) >= 11 is 0. The van der Waals surface area contributed by atoms with Gasteiger partial charge in [-0.15, -0.1) is 0 Å². The average molecular weight is 345 g/mol. The van der Waals surface area contributed by atoms with Crippen LogP contribution in [-0.4, -0.2) is 24.5 Å². The Kier molecular flexibility index (Phi) is 3.02. The van der Waals surface area contributed by atoms with Crippen molar-refractivity contribution in [3.05, 3.63) is 77.1 Å². The van der Waals surface area contributed by atoms with Gasteiger partial charge in [-0.1, -0.05) is 0 Å². The van der Waals surface area contributed by atoms with Gasteiger partial charge in [0.15, 0.2) is 5.65 Å². The van der Waals surface area contributed by atoms with Gasteiger partial charge in [-0.3, -0.25) is 4.57 Å². The first-order chi connectivity index (χ1) is 12.7. The van der Waals surface area contributed by atoms with Crippen LogP contribution >= 0.6 is 0 Å². The van der Waals surface area contributed by atoms with Crippen molar-refractivity contribution in [2.24, 2.45) is 0 Å². The number of halogens is 1. The molecule has 126 valence electrons.